The van der Waals surface area contributed by atoms with Crippen LogP contribution in [0.3, 0.4) is 0 Å². The first-order chi connectivity index (χ1) is 14.0. The molecule has 1 aromatic carbocycles. The maximum absolute atomic E-state index is 6.11. The molecule has 2 heterocycles. The maximum atomic E-state index is 6.11. The van der Waals surface area contributed by atoms with Crippen LogP contribution >= 0.6 is 0 Å². The zero-order valence-corrected chi connectivity index (χ0v) is 17.7. The van der Waals surface area contributed by atoms with Crippen LogP contribution in [0, 0.1) is 0 Å². The van der Waals surface area contributed by atoms with E-state index in [-0.39, 0.29) is 6.10 Å². The molecule has 0 aliphatic heterocycles. The van der Waals surface area contributed by atoms with Crippen LogP contribution in [0.1, 0.15) is 55.0 Å². The van der Waals surface area contributed by atoms with E-state index in [9.17, 15) is 0 Å². The molecule has 6 nitrogen and oxygen atoms in total. The number of rotatable bonds is 8. The number of nitrogens with zero attached hydrogens (tertiary/aromatic N) is 5. The van der Waals surface area contributed by atoms with Crippen LogP contribution in [0.15, 0.2) is 42.7 Å². The third-order valence-electron chi connectivity index (χ3n) is 4.99. The molecule has 1 saturated carbocycles. The summed E-state index contributed by atoms with van der Waals surface area (Å²) >= 11 is 0. The summed E-state index contributed by atoms with van der Waals surface area (Å²) in [7, 11) is 4.12. The fraction of sp³-hybridized carbons (Fsp3) is 0.435. The molecular weight excluding hydrogens is 362 g/mol. The highest BCUT2D eigenvalue weighted by atomic mass is 16.5. The quantitative estimate of drug-likeness (QED) is 0.581. The molecule has 0 saturated heterocycles. The largest absolute Gasteiger partial charge is 0.474 e. The van der Waals surface area contributed by atoms with E-state index < -0.39 is 0 Å². The van der Waals surface area contributed by atoms with Gasteiger partial charge in [-0.3, -0.25) is 0 Å². The van der Waals surface area contributed by atoms with Crippen LogP contribution in [0.4, 0.5) is 0 Å². The number of ether oxygens (including phenoxy) is 1. The van der Waals surface area contributed by atoms with Crippen molar-refractivity contribution in [2.24, 2.45) is 0 Å². The third kappa shape index (κ3) is 4.65. The molecule has 0 atom stereocenters. The predicted molar refractivity (Wildman–Crippen MR) is 114 cm³/mol. The molecule has 1 aliphatic rings. The second kappa shape index (κ2) is 8.33. The second-order valence-electron chi connectivity index (χ2n) is 8.30. The summed E-state index contributed by atoms with van der Waals surface area (Å²) < 4.78 is 7.96. The van der Waals surface area contributed by atoms with Crippen molar-refractivity contribution in [2.45, 2.75) is 51.7 Å². The van der Waals surface area contributed by atoms with E-state index in [1.165, 1.54) is 24.0 Å². The Hall–Kier alpha value is -2.73. The van der Waals surface area contributed by atoms with Gasteiger partial charge in [0.2, 0.25) is 5.88 Å². The SMILES string of the molecule is CC(C)Oc1nn(-c2ncc(C3CC3)cn2)c(CN(C)C)c1Cc1ccccc1. The first kappa shape index (κ1) is 19.6. The Morgan fingerprint density at radius 2 is 1.79 bits per heavy atom. The van der Waals surface area contributed by atoms with Crippen molar-refractivity contribution in [3.63, 3.8) is 0 Å². The lowest BCUT2D eigenvalue weighted by molar-refractivity contribution is 0.229. The lowest BCUT2D eigenvalue weighted by atomic mass is 10.0. The van der Waals surface area contributed by atoms with Gasteiger partial charge in [-0.2, -0.15) is 4.68 Å². The van der Waals surface area contributed by atoms with Crippen molar-refractivity contribution >= 4 is 0 Å². The summed E-state index contributed by atoms with van der Waals surface area (Å²) in [6.45, 7) is 4.78. The molecule has 0 amide bonds. The van der Waals surface area contributed by atoms with Crippen molar-refractivity contribution in [2.75, 3.05) is 14.1 Å². The first-order valence-electron chi connectivity index (χ1n) is 10.3. The van der Waals surface area contributed by atoms with E-state index in [4.69, 9.17) is 9.84 Å². The molecule has 29 heavy (non-hydrogen) atoms. The minimum absolute atomic E-state index is 0.0400. The first-order valence-corrected chi connectivity index (χ1v) is 10.3. The monoisotopic (exact) mass is 391 g/mol. The van der Waals surface area contributed by atoms with Gasteiger partial charge in [-0.25, -0.2) is 9.97 Å². The fourth-order valence-corrected chi connectivity index (χ4v) is 3.45. The van der Waals surface area contributed by atoms with Crippen molar-refractivity contribution in [1.82, 2.24) is 24.6 Å². The van der Waals surface area contributed by atoms with Crippen LogP contribution in [0.25, 0.3) is 5.95 Å². The van der Waals surface area contributed by atoms with Crippen molar-refractivity contribution < 1.29 is 4.74 Å². The van der Waals surface area contributed by atoms with E-state index >= 15 is 0 Å². The van der Waals surface area contributed by atoms with E-state index in [0.29, 0.717) is 17.7 Å². The zero-order chi connectivity index (χ0) is 20.4. The average molecular weight is 392 g/mol. The summed E-state index contributed by atoms with van der Waals surface area (Å²) in [6.07, 6.45) is 7.17. The lowest BCUT2D eigenvalue weighted by Gasteiger charge is -2.14. The van der Waals surface area contributed by atoms with Gasteiger partial charge in [-0.1, -0.05) is 30.3 Å². The van der Waals surface area contributed by atoms with Gasteiger partial charge in [0.1, 0.15) is 0 Å². The molecule has 0 bridgehead atoms. The topological polar surface area (TPSA) is 56.1 Å². The zero-order valence-electron chi connectivity index (χ0n) is 17.7. The molecule has 0 unspecified atom stereocenters. The number of aromatic nitrogens is 4. The Bertz CT molecular complexity index is 943. The molecule has 0 radical (unpaired) electrons. The van der Waals surface area contributed by atoms with Gasteiger partial charge in [0.05, 0.1) is 11.8 Å². The maximum Gasteiger partial charge on any atom is 0.250 e. The van der Waals surface area contributed by atoms with Gasteiger partial charge in [-0.05, 0) is 57.8 Å². The van der Waals surface area contributed by atoms with E-state index in [2.05, 4.69) is 53.2 Å². The molecule has 2 aromatic heterocycles. The number of benzene rings is 1. The van der Waals surface area contributed by atoms with Gasteiger partial charge in [0, 0.05) is 30.9 Å². The molecular formula is C23H29N5O. The van der Waals surface area contributed by atoms with Crippen molar-refractivity contribution in [1.29, 1.82) is 0 Å². The Kier molecular flexibility index (Phi) is 5.62. The second-order valence-corrected chi connectivity index (χ2v) is 8.30. The predicted octanol–water partition coefficient (Wildman–Crippen LogP) is 3.98. The van der Waals surface area contributed by atoms with E-state index in [0.717, 1.165) is 24.2 Å². The minimum Gasteiger partial charge on any atom is -0.474 e. The number of hydrogen-bond donors (Lipinski definition) is 0. The van der Waals surface area contributed by atoms with Gasteiger partial charge in [-0.15, -0.1) is 5.10 Å². The highest BCUT2D eigenvalue weighted by molar-refractivity contribution is 5.40. The molecule has 3 aromatic rings. The van der Waals surface area contributed by atoms with Gasteiger partial charge >= 0.3 is 0 Å². The Balaban J connectivity index is 1.78. The molecule has 1 aliphatic carbocycles. The van der Waals surface area contributed by atoms with Crippen molar-refractivity contribution in [3.8, 4) is 11.8 Å². The standard InChI is InChI=1S/C23H29N5O/c1-16(2)29-22-20(12-17-8-6-5-7-9-17)21(15-27(3)4)28(26-22)23-24-13-19(14-25-23)18-10-11-18/h5-9,13-14,16,18H,10-12,15H2,1-4H3. The van der Waals surface area contributed by atoms with Crippen molar-refractivity contribution in [3.05, 3.63) is 65.1 Å². The Morgan fingerprint density at radius 3 is 2.38 bits per heavy atom. The summed E-state index contributed by atoms with van der Waals surface area (Å²) in [6, 6.07) is 10.4. The van der Waals surface area contributed by atoms with Crippen LogP contribution in [-0.4, -0.2) is 44.8 Å². The van der Waals surface area contributed by atoms with E-state index in [1.54, 1.807) is 0 Å². The fourth-order valence-electron chi connectivity index (χ4n) is 3.45. The van der Waals surface area contributed by atoms with Gasteiger partial charge < -0.3 is 9.64 Å². The third-order valence-corrected chi connectivity index (χ3v) is 4.99. The molecule has 6 heteroatoms. The summed E-state index contributed by atoms with van der Waals surface area (Å²) in [5.41, 5.74) is 4.60. The minimum atomic E-state index is 0.0400. The van der Waals surface area contributed by atoms with Gasteiger partial charge in [0.25, 0.3) is 5.95 Å². The van der Waals surface area contributed by atoms with Crippen LogP contribution in [0.2, 0.25) is 0 Å². The molecule has 1 fully saturated rings. The van der Waals surface area contributed by atoms with Crippen LogP contribution < -0.4 is 4.74 Å². The summed E-state index contributed by atoms with van der Waals surface area (Å²) in [5, 5.41) is 4.80. The number of hydrogen-bond acceptors (Lipinski definition) is 5. The van der Waals surface area contributed by atoms with Gasteiger partial charge in [0.15, 0.2) is 0 Å². The highest BCUT2D eigenvalue weighted by Crippen LogP contribution is 2.39. The lowest BCUT2D eigenvalue weighted by Crippen LogP contribution is -2.17. The normalized spacial score (nSPS) is 14.0. The highest BCUT2D eigenvalue weighted by Gasteiger charge is 2.26. The smallest absolute Gasteiger partial charge is 0.250 e. The summed E-state index contributed by atoms with van der Waals surface area (Å²) in [5.74, 6) is 1.89. The average Bonchev–Trinajstić information content (AvgIpc) is 3.49. The van der Waals surface area contributed by atoms with Crippen LogP contribution in [0.5, 0.6) is 5.88 Å². The van der Waals surface area contributed by atoms with E-state index in [1.807, 2.05) is 37.0 Å². The molecule has 0 N–H and O–H groups in total. The molecule has 0 spiro atoms. The molecule has 4 rings (SSSR count). The summed E-state index contributed by atoms with van der Waals surface area (Å²) in [4.78, 5) is 11.4. The Labute approximate surface area is 172 Å². The Morgan fingerprint density at radius 1 is 1.10 bits per heavy atom. The molecule has 152 valence electrons. The van der Waals surface area contributed by atoms with Crippen LogP contribution in [-0.2, 0) is 13.0 Å².